The lowest BCUT2D eigenvalue weighted by Crippen LogP contribution is -2.24. The van der Waals surface area contributed by atoms with Gasteiger partial charge in [0.15, 0.2) is 0 Å². The van der Waals surface area contributed by atoms with Crippen molar-refractivity contribution in [3.63, 3.8) is 0 Å². The summed E-state index contributed by atoms with van der Waals surface area (Å²) in [6, 6.07) is 6.35. The molecule has 0 bridgehead atoms. The lowest BCUT2D eigenvalue weighted by atomic mass is 9.91. The minimum atomic E-state index is -4.25. The van der Waals surface area contributed by atoms with Crippen molar-refractivity contribution >= 4 is 0 Å². The molecule has 1 unspecified atom stereocenters. The summed E-state index contributed by atoms with van der Waals surface area (Å²) in [6.45, 7) is 1.38. The van der Waals surface area contributed by atoms with E-state index in [4.69, 9.17) is 4.74 Å². The Morgan fingerprint density at radius 1 is 1.12 bits per heavy atom. The molecule has 0 aliphatic rings. The predicted molar refractivity (Wildman–Crippen MR) is 57.9 cm³/mol. The van der Waals surface area contributed by atoms with Gasteiger partial charge >= 0.3 is 6.18 Å². The Kier molecular flexibility index (Phi) is 4.03. The van der Waals surface area contributed by atoms with Crippen LogP contribution in [0, 0.1) is 0 Å². The van der Waals surface area contributed by atoms with Gasteiger partial charge in [-0.3, -0.25) is 0 Å². The highest BCUT2D eigenvalue weighted by Gasteiger charge is 2.33. The summed E-state index contributed by atoms with van der Waals surface area (Å²) in [7, 11) is 1.50. The molecule has 0 amide bonds. The summed E-state index contributed by atoms with van der Waals surface area (Å²) in [6.07, 6.45) is -5.62. The van der Waals surface area contributed by atoms with E-state index in [0.717, 1.165) is 0 Å². The lowest BCUT2D eigenvalue weighted by Gasteiger charge is -2.24. The molecule has 0 heterocycles. The first-order chi connectivity index (χ1) is 7.74. The number of halogens is 3. The summed E-state index contributed by atoms with van der Waals surface area (Å²) in [5, 5.41) is 9.97. The first kappa shape index (κ1) is 13.8. The third-order valence-electron chi connectivity index (χ3n) is 2.61. The summed E-state index contributed by atoms with van der Waals surface area (Å²) >= 11 is 0. The standard InChI is InChI=1S/C12H15F3O2/c1-11(16,7-8-12(13,14)15)9-3-5-10(17-2)6-4-9/h3-6,16H,7-8H2,1-2H3. The van der Waals surface area contributed by atoms with Crippen molar-refractivity contribution < 1.29 is 23.0 Å². The quantitative estimate of drug-likeness (QED) is 0.886. The summed E-state index contributed by atoms with van der Waals surface area (Å²) in [4.78, 5) is 0. The maximum atomic E-state index is 12.1. The van der Waals surface area contributed by atoms with Gasteiger partial charge in [0.05, 0.1) is 12.7 Å². The van der Waals surface area contributed by atoms with E-state index in [2.05, 4.69) is 0 Å². The van der Waals surface area contributed by atoms with Crippen molar-refractivity contribution in [1.29, 1.82) is 0 Å². The highest BCUT2D eigenvalue weighted by molar-refractivity contribution is 5.30. The van der Waals surface area contributed by atoms with Gasteiger partial charge in [0, 0.05) is 6.42 Å². The largest absolute Gasteiger partial charge is 0.497 e. The highest BCUT2D eigenvalue weighted by atomic mass is 19.4. The molecular formula is C12H15F3O2. The number of rotatable bonds is 4. The van der Waals surface area contributed by atoms with Gasteiger partial charge in [0.2, 0.25) is 0 Å². The number of aliphatic hydroxyl groups is 1. The van der Waals surface area contributed by atoms with Gasteiger partial charge in [0.1, 0.15) is 5.75 Å². The molecule has 0 saturated heterocycles. The van der Waals surface area contributed by atoms with Gasteiger partial charge in [-0.1, -0.05) is 12.1 Å². The van der Waals surface area contributed by atoms with Crippen LogP contribution in [0.4, 0.5) is 13.2 Å². The van der Waals surface area contributed by atoms with Crippen molar-refractivity contribution in [2.45, 2.75) is 31.5 Å². The van der Waals surface area contributed by atoms with E-state index in [1.165, 1.54) is 14.0 Å². The molecular weight excluding hydrogens is 233 g/mol. The maximum Gasteiger partial charge on any atom is 0.389 e. The van der Waals surface area contributed by atoms with E-state index in [-0.39, 0.29) is 6.42 Å². The molecule has 1 aromatic carbocycles. The molecule has 0 aliphatic carbocycles. The maximum absolute atomic E-state index is 12.1. The Morgan fingerprint density at radius 3 is 2.06 bits per heavy atom. The van der Waals surface area contributed by atoms with Crippen LogP contribution in [0.2, 0.25) is 0 Å². The molecule has 2 nitrogen and oxygen atoms in total. The van der Waals surface area contributed by atoms with E-state index in [1.54, 1.807) is 24.3 Å². The Bertz CT molecular complexity index is 355. The zero-order chi connectivity index (χ0) is 13.1. The van der Waals surface area contributed by atoms with Crippen LogP contribution in [0.25, 0.3) is 0 Å². The molecule has 0 aliphatic heterocycles. The number of methoxy groups -OCH3 is 1. The van der Waals surface area contributed by atoms with E-state index < -0.39 is 18.2 Å². The number of alkyl halides is 3. The van der Waals surface area contributed by atoms with E-state index in [0.29, 0.717) is 11.3 Å². The van der Waals surface area contributed by atoms with Crippen molar-refractivity contribution in [2.24, 2.45) is 0 Å². The monoisotopic (exact) mass is 248 g/mol. The van der Waals surface area contributed by atoms with Gasteiger partial charge in [-0.05, 0) is 31.0 Å². The van der Waals surface area contributed by atoms with Gasteiger partial charge in [-0.2, -0.15) is 13.2 Å². The summed E-state index contributed by atoms with van der Waals surface area (Å²) < 4.78 is 41.2. The summed E-state index contributed by atoms with van der Waals surface area (Å²) in [5.74, 6) is 0.598. The van der Waals surface area contributed by atoms with E-state index >= 15 is 0 Å². The molecule has 17 heavy (non-hydrogen) atoms. The smallest absolute Gasteiger partial charge is 0.389 e. The third kappa shape index (κ3) is 4.26. The molecule has 0 fully saturated rings. The fourth-order valence-corrected chi connectivity index (χ4v) is 1.48. The lowest BCUT2D eigenvalue weighted by molar-refractivity contribution is -0.146. The molecule has 5 heteroatoms. The molecule has 0 spiro atoms. The number of hydrogen-bond donors (Lipinski definition) is 1. The second-order valence-electron chi connectivity index (χ2n) is 4.12. The van der Waals surface area contributed by atoms with Crippen LogP contribution in [0.1, 0.15) is 25.3 Å². The van der Waals surface area contributed by atoms with Crippen LogP contribution < -0.4 is 4.74 Å². The molecule has 1 aromatic rings. The van der Waals surface area contributed by atoms with Crippen molar-refractivity contribution in [1.82, 2.24) is 0 Å². The number of hydrogen-bond acceptors (Lipinski definition) is 2. The second kappa shape index (κ2) is 4.96. The Balaban J connectivity index is 2.74. The minimum absolute atomic E-state index is 0.358. The normalized spacial score (nSPS) is 15.4. The van der Waals surface area contributed by atoms with Gasteiger partial charge in [-0.25, -0.2) is 0 Å². The van der Waals surface area contributed by atoms with Crippen molar-refractivity contribution in [3.05, 3.63) is 29.8 Å². The SMILES string of the molecule is COc1ccc(C(C)(O)CCC(F)(F)F)cc1. The minimum Gasteiger partial charge on any atom is -0.497 e. The van der Waals surface area contributed by atoms with Crippen LogP contribution in [-0.4, -0.2) is 18.4 Å². The van der Waals surface area contributed by atoms with Gasteiger partial charge in [0.25, 0.3) is 0 Å². The zero-order valence-electron chi connectivity index (χ0n) is 9.71. The average molecular weight is 248 g/mol. The molecule has 1 rings (SSSR count). The van der Waals surface area contributed by atoms with Gasteiger partial charge in [-0.15, -0.1) is 0 Å². The predicted octanol–water partition coefficient (Wildman–Crippen LogP) is 3.25. The molecule has 0 aromatic heterocycles. The van der Waals surface area contributed by atoms with E-state index in [9.17, 15) is 18.3 Å². The molecule has 1 N–H and O–H groups in total. The molecule has 0 saturated carbocycles. The molecule has 1 atom stereocenters. The molecule has 96 valence electrons. The number of benzene rings is 1. The van der Waals surface area contributed by atoms with E-state index in [1.807, 2.05) is 0 Å². The zero-order valence-corrected chi connectivity index (χ0v) is 9.71. The second-order valence-corrected chi connectivity index (χ2v) is 4.12. The first-order valence-electron chi connectivity index (χ1n) is 5.18. The summed E-state index contributed by atoms with van der Waals surface area (Å²) in [5.41, 5.74) is -1.04. The fraction of sp³-hybridized carbons (Fsp3) is 0.500. The Morgan fingerprint density at radius 2 is 1.65 bits per heavy atom. The third-order valence-corrected chi connectivity index (χ3v) is 2.61. The van der Waals surface area contributed by atoms with Crippen molar-refractivity contribution in [3.8, 4) is 5.75 Å². The first-order valence-corrected chi connectivity index (χ1v) is 5.18. The Hall–Kier alpha value is -1.23. The average Bonchev–Trinajstić information content (AvgIpc) is 2.26. The topological polar surface area (TPSA) is 29.5 Å². The fourth-order valence-electron chi connectivity index (χ4n) is 1.48. The van der Waals surface area contributed by atoms with Gasteiger partial charge < -0.3 is 9.84 Å². The van der Waals surface area contributed by atoms with Crippen LogP contribution in [0.3, 0.4) is 0 Å². The molecule has 0 radical (unpaired) electrons. The van der Waals surface area contributed by atoms with Crippen LogP contribution >= 0.6 is 0 Å². The Labute approximate surface area is 98.0 Å². The number of ether oxygens (including phenoxy) is 1. The van der Waals surface area contributed by atoms with Crippen LogP contribution in [0.15, 0.2) is 24.3 Å². The van der Waals surface area contributed by atoms with Crippen LogP contribution in [-0.2, 0) is 5.60 Å². The highest BCUT2D eigenvalue weighted by Crippen LogP contribution is 2.32. The van der Waals surface area contributed by atoms with Crippen molar-refractivity contribution in [2.75, 3.05) is 7.11 Å². The van der Waals surface area contributed by atoms with Crippen LogP contribution in [0.5, 0.6) is 5.75 Å².